The first kappa shape index (κ1) is 14.3. The molecule has 0 aliphatic carbocycles. The van der Waals surface area contributed by atoms with Gasteiger partial charge >= 0.3 is 5.97 Å². The van der Waals surface area contributed by atoms with E-state index in [1.54, 1.807) is 13.2 Å². The van der Waals surface area contributed by atoms with Gasteiger partial charge in [-0.25, -0.2) is 4.79 Å². The first-order valence-corrected chi connectivity index (χ1v) is 6.78. The number of fused-ring (bicyclic) bond motifs is 1. The third-order valence-electron chi connectivity index (χ3n) is 3.09. The van der Waals surface area contributed by atoms with E-state index >= 15 is 0 Å². The molecule has 2 aromatic rings. The van der Waals surface area contributed by atoms with Crippen molar-refractivity contribution in [2.75, 3.05) is 13.7 Å². The summed E-state index contributed by atoms with van der Waals surface area (Å²) in [4.78, 5) is 16.6. The number of esters is 1. The molecule has 0 unspecified atom stereocenters. The first-order valence-electron chi connectivity index (χ1n) is 6.78. The predicted molar refractivity (Wildman–Crippen MR) is 78.2 cm³/mol. The maximum atomic E-state index is 12.2. The lowest BCUT2D eigenvalue weighted by Crippen LogP contribution is -2.08. The highest BCUT2D eigenvalue weighted by molar-refractivity contribution is 6.03. The van der Waals surface area contributed by atoms with E-state index in [1.807, 2.05) is 25.1 Å². The fourth-order valence-corrected chi connectivity index (χ4v) is 2.02. The molecule has 0 fully saturated rings. The summed E-state index contributed by atoms with van der Waals surface area (Å²) in [5.41, 5.74) is 2.11. The van der Waals surface area contributed by atoms with Gasteiger partial charge in [0.15, 0.2) is 0 Å². The van der Waals surface area contributed by atoms with E-state index in [2.05, 4.69) is 11.9 Å². The van der Waals surface area contributed by atoms with Crippen molar-refractivity contribution in [3.8, 4) is 5.75 Å². The average molecular weight is 273 g/mol. The van der Waals surface area contributed by atoms with Crippen LogP contribution in [-0.4, -0.2) is 24.7 Å². The Hall–Kier alpha value is -2.10. The van der Waals surface area contributed by atoms with Crippen molar-refractivity contribution in [1.82, 2.24) is 4.98 Å². The number of aromatic nitrogens is 1. The molecule has 0 atom stereocenters. The molecule has 0 aliphatic rings. The maximum Gasteiger partial charge on any atom is 0.338 e. The lowest BCUT2D eigenvalue weighted by Gasteiger charge is -2.09. The summed E-state index contributed by atoms with van der Waals surface area (Å²) in [6.07, 6.45) is 1.87. The Labute approximate surface area is 118 Å². The average Bonchev–Trinajstić information content (AvgIpc) is 2.46. The number of nitrogens with zero attached hydrogens (tertiary/aromatic N) is 1. The Morgan fingerprint density at radius 1 is 1.30 bits per heavy atom. The highest BCUT2D eigenvalue weighted by Gasteiger charge is 2.14. The third-order valence-corrected chi connectivity index (χ3v) is 3.09. The lowest BCUT2D eigenvalue weighted by atomic mass is 10.1. The van der Waals surface area contributed by atoms with Gasteiger partial charge in [0.2, 0.25) is 0 Å². The number of pyridine rings is 1. The normalized spacial score (nSPS) is 10.6. The number of hydrogen-bond donors (Lipinski definition) is 0. The topological polar surface area (TPSA) is 48.4 Å². The first-order chi connectivity index (χ1) is 9.65. The highest BCUT2D eigenvalue weighted by Crippen LogP contribution is 2.24. The molecule has 0 saturated heterocycles. The third kappa shape index (κ3) is 3.07. The van der Waals surface area contributed by atoms with Crippen molar-refractivity contribution in [2.45, 2.75) is 26.7 Å². The second-order valence-corrected chi connectivity index (χ2v) is 4.68. The predicted octanol–water partition coefficient (Wildman–Crippen LogP) is 3.51. The summed E-state index contributed by atoms with van der Waals surface area (Å²) in [5, 5.41) is 0.761. The molecule has 4 heteroatoms. The molecule has 0 saturated carbocycles. The molecule has 1 heterocycles. The van der Waals surface area contributed by atoms with Gasteiger partial charge in [0.1, 0.15) is 5.75 Å². The number of rotatable bonds is 5. The Kier molecular flexibility index (Phi) is 4.56. The summed E-state index contributed by atoms with van der Waals surface area (Å²) in [5.74, 6) is 0.396. The molecular weight excluding hydrogens is 254 g/mol. The van der Waals surface area contributed by atoms with Crippen LogP contribution in [0.15, 0.2) is 24.3 Å². The van der Waals surface area contributed by atoms with Gasteiger partial charge in [-0.3, -0.25) is 4.98 Å². The SMILES string of the molecule is CCCCOC(=O)c1cc(C)nc2ccc(OC)cc12. The van der Waals surface area contributed by atoms with Crippen LogP contribution in [0, 0.1) is 6.92 Å². The van der Waals surface area contributed by atoms with E-state index in [-0.39, 0.29) is 5.97 Å². The van der Waals surface area contributed by atoms with Gasteiger partial charge in [0.05, 0.1) is 24.8 Å². The minimum Gasteiger partial charge on any atom is -0.497 e. The van der Waals surface area contributed by atoms with Gasteiger partial charge in [-0.1, -0.05) is 13.3 Å². The zero-order chi connectivity index (χ0) is 14.5. The maximum absolute atomic E-state index is 12.2. The zero-order valence-corrected chi connectivity index (χ0v) is 12.1. The van der Waals surface area contributed by atoms with Gasteiger partial charge in [-0.2, -0.15) is 0 Å². The van der Waals surface area contributed by atoms with E-state index in [4.69, 9.17) is 9.47 Å². The summed E-state index contributed by atoms with van der Waals surface area (Å²) >= 11 is 0. The highest BCUT2D eigenvalue weighted by atomic mass is 16.5. The largest absolute Gasteiger partial charge is 0.497 e. The smallest absolute Gasteiger partial charge is 0.338 e. The molecule has 0 radical (unpaired) electrons. The lowest BCUT2D eigenvalue weighted by molar-refractivity contribution is 0.0502. The Morgan fingerprint density at radius 2 is 2.10 bits per heavy atom. The van der Waals surface area contributed by atoms with Gasteiger partial charge in [0, 0.05) is 11.1 Å². The van der Waals surface area contributed by atoms with Crippen LogP contribution in [-0.2, 0) is 4.74 Å². The van der Waals surface area contributed by atoms with Crippen molar-refractivity contribution in [3.63, 3.8) is 0 Å². The molecule has 2 rings (SSSR count). The fraction of sp³-hybridized carbons (Fsp3) is 0.375. The van der Waals surface area contributed by atoms with Crippen LogP contribution in [0.25, 0.3) is 10.9 Å². The molecule has 0 bridgehead atoms. The number of hydrogen-bond acceptors (Lipinski definition) is 4. The van der Waals surface area contributed by atoms with Gasteiger partial charge in [0.25, 0.3) is 0 Å². The van der Waals surface area contributed by atoms with Crippen LogP contribution in [0.4, 0.5) is 0 Å². The Bertz CT molecular complexity index is 622. The van der Waals surface area contributed by atoms with Gasteiger partial charge < -0.3 is 9.47 Å². The monoisotopic (exact) mass is 273 g/mol. The van der Waals surface area contributed by atoms with Crippen molar-refractivity contribution in [3.05, 3.63) is 35.5 Å². The second kappa shape index (κ2) is 6.37. The number of carbonyl (C=O) groups excluding carboxylic acids is 1. The number of unbranched alkanes of at least 4 members (excludes halogenated alkanes) is 1. The van der Waals surface area contributed by atoms with Crippen LogP contribution in [0.5, 0.6) is 5.75 Å². The number of methoxy groups -OCH3 is 1. The van der Waals surface area contributed by atoms with Crippen molar-refractivity contribution < 1.29 is 14.3 Å². The molecule has 106 valence electrons. The minimum absolute atomic E-state index is 0.304. The van der Waals surface area contributed by atoms with E-state index in [9.17, 15) is 4.79 Å². The molecular formula is C16H19NO3. The minimum atomic E-state index is -0.304. The van der Waals surface area contributed by atoms with E-state index in [1.165, 1.54) is 0 Å². The molecule has 1 aromatic carbocycles. The Balaban J connectivity index is 2.41. The molecule has 0 amide bonds. The van der Waals surface area contributed by atoms with E-state index in [0.717, 1.165) is 29.4 Å². The van der Waals surface area contributed by atoms with Crippen molar-refractivity contribution in [2.24, 2.45) is 0 Å². The summed E-state index contributed by atoms with van der Waals surface area (Å²) < 4.78 is 10.5. The molecule has 0 spiro atoms. The molecule has 0 N–H and O–H groups in total. The van der Waals surface area contributed by atoms with Crippen LogP contribution in [0.2, 0.25) is 0 Å². The van der Waals surface area contributed by atoms with E-state index in [0.29, 0.717) is 17.9 Å². The summed E-state index contributed by atoms with van der Waals surface area (Å²) in [6, 6.07) is 7.26. The van der Waals surface area contributed by atoms with Crippen LogP contribution in [0.3, 0.4) is 0 Å². The number of benzene rings is 1. The quantitative estimate of drug-likeness (QED) is 0.618. The van der Waals surface area contributed by atoms with Gasteiger partial charge in [-0.05, 0) is 37.6 Å². The fourth-order valence-electron chi connectivity index (χ4n) is 2.02. The van der Waals surface area contributed by atoms with Crippen LogP contribution >= 0.6 is 0 Å². The molecule has 20 heavy (non-hydrogen) atoms. The molecule has 1 aromatic heterocycles. The zero-order valence-electron chi connectivity index (χ0n) is 12.1. The standard InChI is InChI=1S/C16H19NO3/c1-4-5-8-20-16(18)14-9-11(2)17-15-7-6-12(19-3)10-13(14)15/h6-7,9-10H,4-5,8H2,1-3H3. The number of aryl methyl sites for hydroxylation is 1. The second-order valence-electron chi connectivity index (χ2n) is 4.68. The Morgan fingerprint density at radius 3 is 2.80 bits per heavy atom. The van der Waals surface area contributed by atoms with E-state index < -0.39 is 0 Å². The molecule has 0 aliphatic heterocycles. The van der Waals surface area contributed by atoms with Gasteiger partial charge in [-0.15, -0.1) is 0 Å². The molecule has 4 nitrogen and oxygen atoms in total. The van der Waals surface area contributed by atoms with Crippen molar-refractivity contribution in [1.29, 1.82) is 0 Å². The summed E-state index contributed by atoms with van der Waals surface area (Å²) in [7, 11) is 1.60. The number of ether oxygens (including phenoxy) is 2. The summed E-state index contributed by atoms with van der Waals surface area (Å²) in [6.45, 7) is 4.37. The number of carbonyl (C=O) groups is 1. The van der Waals surface area contributed by atoms with Crippen molar-refractivity contribution >= 4 is 16.9 Å². The van der Waals surface area contributed by atoms with Crippen LogP contribution in [0.1, 0.15) is 35.8 Å². The van der Waals surface area contributed by atoms with Crippen LogP contribution < -0.4 is 4.74 Å².